The highest BCUT2D eigenvalue weighted by molar-refractivity contribution is 7.90. The molecule has 3 aliphatic heterocycles. The zero-order valence-corrected chi connectivity index (χ0v) is 50.0. The van der Waals surface area contributed by atoms with Gasteiger partial charge in [0, 0.05) is 59.9 Å². The highest BCUT2D eigenvalue weighted by atomic mass is 32.2. The van der Waals surface area contributed by atoms with Crippen LogP contribution in [-0.4, -0.2) is 161 Å². The van der Waals surface area contributed by atoms with Gasteiger partial charge in [-0.05, 0) is 103 Å². The third-order valence-corrected chi connectivity index (χ3v) is 16.0. The first-order valence-electron chi connectivity index (χ1n) is 28.3. The molecule has 0 bridgehead atoms. The van der Waals surface area contributed by atoms with Crippen molar-refractivity contribution >= 4 is 50.3 Å². The summed E-state index contributed by atoms with van der Waals surface area (Å²) in [6, 6.07) is 3.21. The molecule has 0 unspecified atom stereocenters. The minimum Gasteiger partial charge on any atom is -0.458 e. The second kappa shape index (κ2) is 26.8. The molecule has 0 spiro atoms. The average molecular weight is 1200 g/mol. The summed E-state index contributed by atoms with van der Waals surface area (Å²) >= 11 is 0. The van der Waals surface area contributed by atoms with Crippen LogP contribution in [0.5, 0.6) is 11.5 Å². The number of nitrogens with zero attached hydrogens (tertiary/aromatic N) is 7. The largest absolute Gasteiger partial charge is 0.458 e. The number of carbonyl (C=O) groups is 5. The number of sulfone groups is 1. The summed E-state index contributed by atoms with van der Waals surface area (Å²) in [6.07, 6.45) is 8.29. The molecule has 3 aliphatic rings. The number of cyclic esters (lactones) is 1. The van der Waals surface area contributed by atoms with Crippen LogP contribution in [0.2, 0.25) is 0 Å². The number of unbranched alkanes of at least 4 members (excludes halogenated alkanes) is 1. The van der Waals surface area contributed by atoms with E-state index in [1.807, 2.05) is 33.8 Å². The minimum absolute atomic E-state index is 0.000915. The molecule has 7 heterocycles. The number of benzene rings is 1. The van der Waals surface area contributed by atoms with Gasteiger partial charge in [-0.15, -0.1) is 5.10 Å². The molecule has 3 atom stereocenters. The second-order valence-corrected chi connectivity index (χ2v) is 24.8. The number of ether oxygens (including phenoxy) is 6. The van der Waals surface area contributed by atoms with Crippen LogP contribution in [0.25, 0.3) is 33.5 Å². The Labute approximate surface area is 491 Å². The summed E-state index contributed by atoms with van der Waals surface area (Å²) in [6.45, 7) is 13.5. The van der Waals surface area contributed by atoms with Gasteiger partial charge < -0.3 is 65.1 Å². The summed E-state index contributed by atoms with van der Waals surface area (Å²) < 4.78 is 60.9. The van der Waals surface area contributed by atoms with Crippen LogP contribution < -0.4 is 42.0 Å². The topological polar surface area (TPSA) is 361 Å². The van der Waals surface area contributed by atoms with E-state index in [4.69, 9.17) is 39.1 Å². The Hall–Kier alpha value is -7.50. The van der Waals surface area contributed by atoms with Gasteiger partial charge in [-0.3, -0.25) is 24.0 Å². The molecule has 0 radical (unpaired) electrons. The number of carbonyl (C=O) groups excluding carboxylic acids is 5. The van der Waals surface area contributed by atoms with Crippen molar-refractivity contribution in [1.82, 2.24) is 55.8 Å². The number of aliphatic hydroxyl groups is 1. The molecule has 0 aliphatic carbocycles. The van der Waals surface area contributed by atoms with Crippen molar-refractivity contribution in [2.75, 3.05) is 65.7 Å². The fourth-order valence-corrected chi connectivity index (χ4v) is 10.6. The van der Waals surface area contributed by atoms with Crippen molar-refractivity contribution < 1.29 is 65.9 Å². The number of aromatic nitrogens is 7. The first kappa shape index (κ1) is 63.5. The second-order valence-electron chi connectivity index (χ2n) is 22.9. The number of rotatable bonds is 30. The Balaban J connectivity index is 0.771. The van der Waals surface area contributed by atoms with E-state index >= 15 is 0 Å². The van der Waals surface area contributed by atoms with Gasteiger partial charge in [0.05, 0.1) is 72.7 Å². The minimum atomic E-state index is -3.54. The fraction of sp³-hybridized carbons (Fsp3) is 0.561. The number of nitrogens with one attached hydrogen (secondary N) is 4. The van der Waals surface area contributed by atoms with Crippen LogP contribution in [0.3, 0.4) is 0 Å². The Morgan fingerprint density at radius 1 is 0.906 bits per heavy atom. The van der Waals surface area contributed by atoms with Crippen LogP contribution in [-0.2, 0) is 83.5 Å². The lowest BCUT2D eigenvalue weighted by Gasteiger charge is -2.31. The molecule has 1 aromatic carbocycles. The molecule has 27 nitrogen and oxygen atoms in total. The first-order valence-corrected chi connectivity index (χ1v) is 30.2. The zero-order valence-electron chi connectivity index (χ0n) is 49.2. The summed E-state index contributed by atoms with van der Waals surface area (Å²) in [5.41, 5.74) is 6.78. The first-order chi connectivity index (χ1) is 40.3. The van der Waals surface area contributed by atoms with Crippen molar-refractivity contribution in [3.8, 4) is 34.1 Å². The molecule has 0 saturated heterocycles. The van der Waals surface area contributed by atoms with E-state index in [9.17, 15) is 42.3 Å². The van der Waals surface area contributed by atoms with E-state index in [-0.39, 0.29) is 94.5 Å². The number of pyridine rings is 2. The van der Waals surface area contributed by atoms with E-state index in [1.54, 1.807) is 48.3 Å². The van der Waals surface area contributed by atoms with E-state index < -0.39 is 73.8 Å². The van der Waals surface area contributed by atoms with Crippen molar-refractivity contribution in [2.24, 2.45) is 11.7 Å². The van der Waals surface area contributed by atoms with Crippen molar-refractivity contribution in [2.45, 2.75) is 141 Å². The van der Waals surface area contributed by atoms with E-state index in [0.29, 0.717) is 84.9 Å². The molecule has 460 valence electrons. The standard InChI is InChI=1S/C57H76N12O15S/c1-9-57(76)39-22-43-49-37(27-68(43)52(74)38(39)29-81-53(57)75)35(36-21-44-45(83-32-82-44)23-41(36)63-49)13-12-17-59-46(70)26-60-50(72)40(14-10-11-16-58)64-51(73)48(33(2)3)65-47(71)30-79-19-20-80-31-56(6,7)84-18-15-55(4,5)69-28-42(66-67-69)34-24-61-54(62-25-34)85(8,77)78/h21-25,28,33,40,48,76H,9-20,26-27,29-32,58H2,1-8H3,(H,59,70)(H,60,72)(H,64,73)(H,65,71)/t40-,48-,57-/m0/s1. The maximum absolute atomic E-state index is 14.0. The number of hydrogen-bond donors (Lipinski definition) is 6. The van der Waals surface area contributed by atoms with Gasteiger partial charge in [-0.2, -0.15) is 0 Å². The third kappa shape index (κ3) is 15.0. The average Bonchev–Trinajstić information content (AvgIpc) is 2.02. The van der Waals surface area contributed by atoms with Crippen molar-refractivity contribution in [3.63, 3.8) is 0 Å². The Bertz CT molecular complexity index is 3480. The Morgan fingerprint density at radius 2 is 1.64 bits per heavy atom. The van der Waals surface area contributed by atoms with Crippen molar-refractivity contribution in [1.29, 1.82) is 0 Å². The molecule has 4 amide bonds. The molecule has 4 aromatic heterocycles. The molecular formula is C57H76N12O15S. The van der Waals surface area contributed by atoms with Gasteiger partial charge in [-0.25, -0.2) is 32.8 Å². The highest BCUT2D eigenvalue weighted by Gasteiger charge is 2.46. The van der Waals surface area contributed by atoms with E-state index in [1.165, 1.54) is 12.4 Å². The molecule has 0 saturated carbocycles. The molecule has 28 heteroatoms. The lowest BCUT2D eigenvalue weighted by atomic mass is 9.86. The van der Waals surface area contributed by atoms with Crippen LogP contribution in [0, 0.1) is 5.92 Å². The lowest BCUT2D eigenvalue weighted by molar-refractivity contribution is -0.172. The zero-order chi connectivity index (χ0) is 61.4. The van der Waals surface area contributed by atoms with Gasteiger partial charge in [0.2, 0.25) is 45.4 Å². The molecule has 5 aromatic rings. The predicted octanol–water partition coefficient (Wildman–Crippen LogP) is 1.83. The number of nitrogens with two attached hydrogens (primary N) is 1. The van der Waals surface area contributed by atoms with Gasteiger partial charge >= 0.3 is 5.97 Å². The third-order valence-electron chi connectivity index (χ3n) is 15.1. The Morgan fingerprint density at radius 3 is 2.34 bits per heavy atom. The number of amides is 4. The molecule has 0 fully saturated rings. The van der Waals surface area contributed by atoms with E-state index in [2.05, 4.69) is 41.5 Å². The normalized spacial score (nSPS) is 16.1. The molecule has 8 rings (SSSR count). The van der Waals surface area contributed by atoms with Crippen LogP contribution in [0.1, 0.15) is 109 Å². The lowest BCUT2D eigenvalue weighted by Crippen LogP contribution is -2.56. The smallest absolute Gasteiger partial charge is 0.343 e. The maximum atomic E-state index is 14.0. The monoisotopic (exact) mass is 1200 g/mol. The summed E-state index contributed by atoms with van der Waals surface area (Å²) in [5.74, 6) is -2.35. The number of esters is 1. The van der Waals surface area contributed by atoms with Crippen LogP contribution >= 0.6 is 0 Å². The quantitative estimate of drug-likeness (QED) is 0.0213. The van der Waals surface area contributed by atoms with Gasteiger partial charge in [-0.1, -0.05) is 26.0 Å². The summed E-state index contributed by atoms with van der Waals surface area (Å²) in [7, 11) is -3.54. The number of hydrogen-bond acceptors (Lipinski definition) is 21. The molecule has 7 N–H and O–H groups in total. The maximum Gasteiger partial charge on any atom is 0.343 e. The molecule has 85 heavy (non-hydrogen) atoms. The molecular weight excluding hydrogens is 1120 g/mol. The summed E-state index contributed by atoms with van der Waals surface area (Å²) in [5, 5.41) is 31.3. The van der Waals surface area contributed by atoms with Crippen LogP contribution in [0.15, 0.2) is 46.7 Å². The highest BCUT2D eigenvalue weighted by Crippen LogP contribution is 2.43. The summed E-state index contributed by atoms with van der Waals surface area (Å²) in [4.78, 5) is 93.2. The van der Waals surface area contributed by atoms with Gasteiger partial charge in [0.15, 0.2) is 17.1 Å². The van der Waals surface area contributed by atoms with Gasteiger partial charge in [0.25, 0.3) is 5.56 Å². The van der Waals surface area contributed by atoms with Crippen molar-refractivity contribution in [3.05, 3.63) is 69.4 Å². The number of fused-ring (bicyclic) bond motifs is 6. The van der Waals surface area contributed by atoms with E-state index in [0.717, 1.165) is 22.8 Å². The fourth-order valence-electron chi connectivity index (χ4n) is 10.1. The van der Waals surface area contributed by atoms with Crippen LogP contribution in [0.4, 0.5) is 0 Å². The SMILES string of the molecule is CC[C@@]1(O)C(=O)OCc2c1cc1n(c2=O)Cc2c-1nc1cc3c(cc1c2CCCNC(=O)CNC(=O)[C@H](CCCCN)NC(=O)[C@@H](NC(=O)COCCOCC(C)(C)OCCC(C)(C)n1cc(-c2cnc(S(C)(=O)=O)nc2)nn1)C(C)C)OCO3. The predicted molar refractivity (Wildman–Crippen MR) is 306 cm³/mol. The Kier molecular flexibility index (Phi) is 20.0. The number of aryl methyl sites for hydroxylation is 1. The van der Waals surface area contributed by atoms with Gasteiger partial charge in [0.1, 0.15) is 31.0 Å².